The molecule has 15 heavy (non-hydrogen) atoms. The molecular weight excluding hydrogens is 186 g/mol. The fraction of sp³-hybridized carbons (Fsp3) is 0.833. The zero-order chi connectivity index (χ0) is 11.1. The molecule has 1 rings (SSSR count). The van der Waals surface area contributed by atoms with Crippen LogP contribution in [0.2, 0.25) is 0 Å². The lowest BCUT2D eigenvalue weighted by molar-refractivity contribution is -0.781. The summed E-state index contributed by atoms with van der Waals surface area (Å²) in [6, 6.07) is 0.587. The molecule has 0 radical (unpaired) electrons. The quantitative estimate of drug-likeness (QED) is 0.690. The molecule has 2 unspecified atom stereocenters. The first kappa shape index (κ1) is 12.2. The average molecular weight is 210 g/mol. The maximum Gasteiger partial charge on any atom is 0.306 e. The van der Waals surface area contributed by atoms with Gasteiger partial charge in [0.15, 0.2) is 0 Å². The molecule has 3 heteroatoms. The number of unbranched alkanes of at least 4 members (excludes halogenated alkanes) is 1. The van der Waals surface area contributed by atoms with Crippen LogP contribution >= 0.6 is 0 Å². The number of rotatable bonds is 7. The van der Waals surface area contributed by atoms with Crippen molar-refractivity contribution < 1.29 is 4.68 Å². The third kappa shape index (κ3) is 3.33. The Balaban J connectivity index is 2.62. The number of nitrogens with zero attached hydrogens (tertiary/aromatic N) is 2. The van der Waals surface area contributed by atoms with E-state index in [-0.39, 0.29) is 0 Å². The summed E-state index contributed by atoms with van der Waals surface area (Å²) >= 11 is 0. The minimum Gasteiger partial charge on any atom is -0.194 e. The van der Waals surface area contributed by atoms with Crippen LogP contribution in [-0.2, 0) is 0 Å². The largest absolute Gasteiger partial charge is 0.306 e. The molecule has 0 fully saturated rings. The Morgan fingerprint density at radius 2 is 2.07 bits per heavy atom. The second kappa shape index (κ2) is 6.59. The van der Waals surface area contributed by atoms with Crippen molar-refractivity contribution >= 4 is 0 Å². The van der Waals surface area contributed by atoms with Gasteiger partial charge in [-0.15, -0.1) is 0 Å². The number of nitrogens with one attached hydrogen (secondary N) is 1. The van der Waals surface area contributed by atoms with Crippen LogP contribution in [0.15, 0.2) is 12.7 Å². The number of hydrogen-bond donors (Lipinski definition) is 1. The molecule has 0 aliphatic carbocycles. The summed E-state index contributed by atoms with van der Waals surface area (Å²) in [6.07, 6.45) is 10.1. The summed E-state index contributed by atoms with van der Waals surface area (Å²) < 4.78 is 2.16. The zero-order valence-electron chi connectivity index (χ0n) is 10.2. The summed E-state index contributed by atoms with van der Waals surface area (Å²) in [4.78, 5) is 4.10. The second-order valence-electron chi connectivity index (χ2n) is 4.22. The standard InChI is InChI=1S/C12H23N3/c1-4-7-8-11(5-2)12(6-3)15-10-13-9-14-15/h9-12H,4-8H2,1-3H3/p+1. The average Bonchev–Trinajstić information content (AvgIpc) is 2.77. The zero-order valence-corrected chi connectivity index (χ0v) is 10.2. The Labute approximate surface area is 92.9 Å². The Morgan fingerprint density at radius 1 is 1.27 bits per heavy atom. The SMILES string of the molecule is CCCCC(CC)C(CC)[n+]1cnc[nH]1. The molecule has 0 saturated carbocycles. The van der Waals surface area contributed by atoms with E-state index in [9.17, 15) is 0 Å². The molecule has 0 spiro atoms. The molecule has 0 aliphatic rings. The predicted molar refractivity (Wildman–Crippen MR) is 61.4 cm³/mol. The van der Waals surface area contributed by atoms with Gasteiger partial charge in [0, 0.05) is 5.92 Å². The fourth-order valence-electron chi connectivity index (χ4n) is 2.31. The molecule has 3 nitrogen and oxygen atoms in total. The molecule has 0 amide bonds. The molecule has 0 saturated heterocycles. The van der Waals surface area contributed by atoms with E-state index in [1.54, 1.807) is 6.33 Å². The van der Waals surface area contributed by atoms with Crippen LogP contribution in [-0.4, -0.2) is 10.1 Å². The van der Waals surface area contributed by atoms with Crippen molar-refractivity contribution in [2.24, 2.45) is 5.92 Å². The van der Waals surface area contributed by atoms with Crippen LogP contribution in [0, 0.1) is 5.92 Å². The normalized spacial score (nSPS) is 15.1. The Hall–Kier alpha value is -0.860. The minimum atomic E-state index is 0.587. The van der Waals surface area contributed by atoms with E-state index < -0.39 is 0 Å². The smallest absolute Gasteiger partial charge is 0.194 e. The molecule has 1 heterocycles. The van der Waals surface area contributed by atoms with Gasteiger partial charge in [-0.25, -0.2) is 0 Å². The number of aromatic amines is 1. The molecule has 2 atom stereocenters. The second-order valence-corrected chi connectivity index (χ2v) is 4.22. The number of aromatic nitrogens is 3. The van der Waals surface area contributed by atoms with Gasteiger partial charge in [0.2, 0.25) is 6.33 Å². The van der Waals surface area contributed by atoms with Gasteiger partial charge in [0.1, 0.15) is 6.04 Å². The number of hydrogen-bond acceptors (Lipinski definition) is 1. The van der Waals surface area contributed by atoms with E-state index in [1.165, 1.54) is 32.1 Å². The molecule has 1 aromatic heterocycles. The minimum absolute atomic E-state index is 0.587. The Bertz CT molecular complexity index is 243. The van der Waals surface area contributed by atoms with Crippen molar-refractivity contribution in [1.29, 1.82) is 0 Å². The summed E-state index contributed by atoms with van der Waals surface area (Å²) in [6.45, 7) is 6.81. The summed E-state index contributed by atoms with van der Waals surface area (Å²) in [7, 11) is 0. The highest BCUT2D eigenvalue weighted by Crippen LogP contribution is 2.24. The first-order valence-corrected chi connectivity index (χ1v) is 6.22. The van der Waals surface area contributed by atoms with Crippen LogP contribution in [0.4, 0.5) is 0 Å². The maximum absolute atomic E-state index is 4.10. The predicted octanol–water partition coefficient (Wildman–Crippen LogP) is 2.86. The molecule has 0 bridgehead atoms. The van der Waals surface area contributed by atoms with Gasteiger partial charge in [-0.1, -0.05) is 33.6 Å². The van der Waals surface area contributed by atoms with Crippen LogP contribution in [0.3, 0.4) is 0 Å². The van der Waals surface area contributed by atoms with Gasteiger partial charge in [-0.2, -0.15) is 9.78 Å². The van der Waals surface area contributed by atoms with Crippen molar-refractivity contribution in [3.8, 4) is 0 Å². The highest BCUT2D eigenvalue weighted by molar-refractivity contribution is 4.63. The van der Waals surface area contributed by atoms with E-state index in [2.05, 4.69) is 35.5 Å². The summed E-state index contributed by atoms with van der Waals surface area (Å²) in [5.41, 5.74) is 0. The van der Waals surface area contributed by atoms with Crippen LogP contribution in [0.5, 0.6) is 0 Å². The van der Waals surface area contributed by atoms with Crippen LogP contribution < -0.4 is 4.68 Å². The first-order chi connectivity index (χ1) is 7.33. The van der Waals surface area contributed by atoms with E-state index in [0.717, 1.165) is 5.92 Å². The van der Waals surface area contributed by atoms with Crippen molar-refractivity contribution in [2.75, 3.05) is 0 Å². The molecule has 0 aliphatic heterocycles. The van der Waals surface area contributed by atoms with Crippen molar-refractivity contribution in [1.82, 2.24) is 10.1 Å². The topological polar surface area (TPSA) is 32.6 Å². The van der Waals surface area contributed by atoms with Gasteiger partial charge < -0.3 is 0 Å². The molecule has 0 aromatic carbocycles. The van der Waals surface area contributed by atoms with Crippen LogP contribution in [0.1, 0.15) is 58.9 Å². The summed E-state index contributed by atoms with van der Waals surface area (Å²) in [5.74, 6) is 0.778. The molecule has 1 aromatic rings. The summed E-state index contributed by atoms with van der Waals surface area (Å²) in [5, 5.41) is 3.18. The van der Waals surface area contributed by atoms with Gasteiger partial charge >= 0.3 is 6.33 Å². The van der Waals surface area contributed by atoms with Gasteiger partial charge in [0.25, 0.3) is 0 Å². The van der Waals surface area contributed by atoms with Gasteiger partial charge in [-0.05, 0) is 24.2 Å². The number of H-pyrrole nitrogens is 1. The highest BCUT2D eigenvalue weighted by atomic mass is 15.3. The highest BCUT2D eigenvalue weighted by Gasteiger charge is 2.24. The first-order valence-electron chi connectivity index (χ1n) is 6.22. The molecular formula is C12H24N3+. The fourth-order valence-corrected chi connectivity index (χ4v) is 2.31. The van der Waals surface area contributed by atoms with Gasteiger partial charge in [-0.3, -0.25) is 0 Å². The Morgan fingerprint density at radius 3 is 2.53 bits per heavy atom. The lowest BCUT2D eigenvalue weighted by Gasteiger charge is -2.21. The van der Waals surface area contributed by atoms with Crippen molar-refractivity contribution in [3.05, 3.63) is 12.7 Å². The van der Waals surface area contributed by atoms with E-state index >= 15 is 0 Å². The van der Waals surface area contributed by atoms with Crippen LogP contribution in [0.25, 0.3) is 0 Å². The van der Waals surface area contributed by atoms with Crippen molar-refractivity contribution in [2.45, 2.75) is 58.9 Å². The maximum atomic E-state index is 4.10. The van der Waals surface area contributed by atoms with E-state index in [1.807, 2.05) is 6.33 Å². The van der Waals surface area contributed by atoms with E-state index in [4.69, 9.17) is 0 Å². The monoisotopic (exact) mass is 210 g/mol. The third-order valence-corrected chi connectivity index (χ3v) is 3.24. The van der Waals surface area contributed by atoms with E-state index in [0.29, 0.717) is 6.04 Å². The third-order valence-electron chi connectivity index (χ3n) is 3.24. The van der Waals surface area contributed by atoms with Gasteiger partial charge in [0.05, 0.1) is 0 Å². The van der Waals surface area contributed by atoms with Crippen molar-refractivity contribution in [3.63, 3.8) is 0 Å². The molecule has 1 N–H and O–H groups in total. The molecule has 86 valence electrons. The lowest BCUT2D eigenvalue weighted by atomic mass is 9.90. The lowest BCUT2D eigenvalue weighted by Crippen LogP contribution is -2.44. The Kier molecular flexibility index (Phi) is 5.37.